The number of carboxylic acid groups (broad SMARTS) is 1. The zero-order chi connectivity index (χ0) is 19.8. The molecule has 0 atom stereocenters. The summed E-state index contributed by atoms with van der Waals surface area (Å²) < 4.78 is 0. The molecular formula is C22H18Cl2N2O2. The number of pyridine rings is 1. The molecule has 0 saturated carbocycles. The van der Waals surface area contributed by atoms with Crippen molar-refractivity contribution >= 4 is 51.7 Å². The fraction of sp³-hybridized carbons (Fsp3) is 0.182. The average molecular weight is 413 g/mol. The Morgan fingerprint density at radius 1 is 1.18 bits per heavy atom. The van der Waals surface area contributed by atoms with Crippen molar-refractivity contribution in [1.29, 1.82) is 0 Å². The van der Waals surface area contributed by atoms with Gasteiger partial charge in [0.05, 0.1) is 26.8 Å². The van der Waals surface area contributed by atoms with Crippen LogP contribution in [0.25, 0.3) is 22.6 Å². The lowest BCUT2D eigenvalue weighted by atomic mass is 9.92. The van der Waals surface area contributed by atoms with E-state index in [1.54, 1.807) is 6.07 Å². The topological polar surface area (TPSA) is 53.4 Å². The summed E-state index contributed by atoms with van der Waals surface area (Å²) in [6.07, 6.45) is 1.96. The highest BCUT2D eigenvalue weighted by molar-refractivity contribution is 6.43. The van der Waals surface area contributed by atoms with E-state index in [1.165, 1.54) is 0 Å². The van der Waals surface area contributed by atoms with E-state index < -0.39 is 5.97 Å². The van der Waals surface area contributed by atoms with Gasteiger partial charge in [-0.2, -0.15) is 0 Å². The summed E-state index contributed by atoms with van der Waals surface area (Å²) in [6, 6.07) is 12.8. The molecule has 0 amide bonds. The van der Waals surface area contributed by atoms with Crippen LogP contribution < -0.4 is 0 Å². The number of halogens is 2. The van der Waals surface area contributed by atoms with E-state index in [9.17, 15) is 9.90 Å². The minimum atomic E-state index is -0.937. The molecule has 28 heavy (non-hydrogen) atoms. The van der Waals surface area contributed by atoms with E-state index in [1.807, 2.05) is 42.5 Å². The van der Waals surface area contributed by atoms with Crippen LogP contribution in [0, 0.1) is 0 Å². The Hall–Kier alpha value is -2.40. The van der Waals surface area contributed by atoms with Gasteiger partial charge in [0.2, 0.25) is 0 Å². The van der Waals surface area contributed by atoms with Crippen molar-refractivity contribution in [3.05, 3.63) is 74.9 Å². The van der Waals surface area contributed by atoms with Gasteiger partial charge in [-0.3, -0.25) is 4.90 Å². The molecule has 1 N–H and O–H groups in total. The third kappa shape index (κ3) is 3.28. The second-order valence-electron chi connectivity index (χ2n) is 6.75. The van der Waals surface area contributed by atoms with E-state index >= 15 is 0 Å². The van der Waals surface area contributed by atoms with Gasteiger partial charge in [0.25, 0.3) is 0 Å². The number of carboxylic acids is 1. The summed E-state index contributed by atoms with van der Waals surface area (Å²) in [7, 11) is 0. The molecule has 0 radical (unpaired) electrons. The highest BCUT2D eigenvalue weighted by Gasteiger charge is 2.28. The largest absolute Gasteiger partial charge is 0.478 e. The van der Waals surface area contributed by atoms with E-state index in [4.69, 9.17) is 28.2 Å². The standard InChI is InChI=1S/C22H18Cl2N2O2/c1-2-26-11-14(10-13-6-5-8-17(23)20(13)24)21-16(12-26)19(22(27)28)15-7-3-4-9-18(15)25-21/h3-10H,2,11-12H2,1H3,(H,27,28)/b14-10-. The van der Waals surface area contributed by atoms with Gasteiger partial charge in [-0.15, -0.1) is 0 Å². The molecule has 0 bridgehead atoms. The van der Waals surface area contributed by atoms with Crippen LogP contribution in [0.4, 0.5) is 0 Å². The number of rotatable bonds is 3. The van der Waals surface area contributed by atoms with Crippen LogP contribution in [0.2, 0.25) is 10.0 Å². The molecule has 0 spiro atoms. The normalized spacial score (nSPS) is 15.8. The van der Waals surface area contributed by atoms with Gasteiger partial charge in [0.15, 0.2) is 0 Å². The Labute approximate surface area is 173 Å². The van der Waals surface area contributed by atoms with Gasteiger partial charge in [-0.25, -0.2) is 9.78 Å². The van der Waals surface area contributed by atoms with E-state index in [2.05, 4.69) is 11.8 Å². The second kappa shape index (κ2) is 7.55. The average Bonchev–Trinajstić information content (AvgIpc) is 2.69. The lowest BCUT2D eigenvalue weighted by Gasteiger charge is -2.30. The van der Waals surface area contributed by atoms with Crippen molar-refractivity contribution < 1.29 is 9.90 Å². The molecule has 0 aliphatic carbocycles. The molecule has 0 saturated heterocycles. The van der Waals surface area contributed by atoms with Gasteiger partial charge >= 0.3 is 5.97 Å². The molecule has 2 heterocycles. The van der Waals surface area contributed by atoms with Crippen LogP contribution >= 0.6 is 23.2 Å². The number of benzene rings is 2. The summed E-state index contributed by atoms with van der Waals surface area (Å²) in [5, 5.41) is 11.6. The fourth-order valence-electron chi connectivity index (χ4n) is 3.67. The molecule has 1 aliphatic heterocycles. The SMILES string of the molecule is CCN1C/C(=C/c2cccc(Cl)c2Cl)c2nc3ccccc3c(C(=O)O)c2C1. The molecule has 3 aromatic rings. The number of hydrogen-bond donors (Lipinski definition) is 1. The molecule has 0 unspecified atom stereocenters. The molecule has 6 heteroatoms. The van der Waals surface area contributed by atoms with Crippen molar-refractivity contribution in [1.82, 2.24) is 9.88 Å². The maximum atomic E-state index is 12.1. The highest BCUT2D eigenvalue weighted by atomic mass is 35.5. The van der Waals surface area contributed by atoms with Crippen molar-refractivity contribution in [3.8, 4) is 0 Å². The minimum Gasteiger partial charge on any atom is -0.478 e. The highest BCUT2D eigenvalue weighted by Crippen LogP contribution is 2.35. The number of nitrogens with zero attached hydrogens (tertiary/aromatic N) is 2. The van der Waals surface area contributed by atoms with Gasteiger partial charge in [0, 0.05) is 24.0 Å². The monoisotopic (exact) mass is 412 g/mol. The predicted octanol–water partition coefficient (Wildman–Crippen LogP) is 5.62. The Balaban J connectivity index is 2.01. The summed E-state index contributed by atoms with van der Waals surface area (Å²) in [5.74, 6) is -0.937. The molecule has 1 aliphatic rings. The van der Waals surface area contributed by atoms with Crippen LogP contribution in [0.1, 0.15) is 34.1 Å². The third-order valence-electron chi connectivity index (χ3n) is 5.05. The summed E-state index contributed by atoms with van der Waals surface area (Å²) in [6.45, 7) is 4.07. The second-order valence-corrected chi connectivity index (χ2v) is 7.54. The molecule has 1 aromatic heterocycles. The van der Waals surface area contributed by atoms with Crippen molar-refractivity contribution in [2.45, 2.75) is 13.5 Å². The molecular weight excluding hydrogens is 395 g/mol. The maximum Gasteiger partial charge on any atom is 0.336 e. The summed E-state index contributed by atoms with van der Waals surface area (Å²) in [4.78, 5) is 19.2. The first-order valence-electron chi connectivity index (χ1n) is 9.01. The van der Waals surface area contributed by atoms with Crippen LogP contribution in [0.5, 0.6) is 0 Å². The van der Waals surface area contributed by atoms with Crippen LogP contribution in [0.3, 0.4) is 0 Å². The van der Waals surface area contributed by atoms with Gasteiger partial charge in [-0.1, -0.05) is 60.5 Å². The lowest BCUT2D eigenvalue weighted by molar-refractivity contribution is 0.0696. The summed E-state index contributed by atoms with van der Waals surface area (Å²) in [5.41, 5.74) is 4.18. The number of carbonyl (C=O) groups is 1. The molecule has 4 rings (SSSR count). The quantitative estimate of drug-likeness (QED) is 0.606. The number of aromatic carboxylic acids is 1. The molecule has 2 aromatic carbocycles. The predicted molar refractivity (Wildman–Crippen MR) is 114 cm³/mol. The number of fused-ring (bicyclic) bond motifs is 2. The Bertz CT molecular complexity index is 1120. The van der Waals surface area contributed by atoms with Crippen LogP contribution in [-0.4, -0.2) is 34.0 Å². The van der Waals surface area contributed by atoms with Crippen LogP contribution in [-0.2, 0) is 6.54 Å². The van der Waals surface area contributed by atoms with Crippen molar-refractivity contribution in [3.63, 3.8) is 0 Å². The van der Waals surface area contributed by atoms with Gasteiger partial charge in [-0.05, 0) is 35.9 Å². The Kier molecular flexibility index (Phi) is 5.11. The molecule has 4 nitrogen and oxygen atoms in total. The van der Waals surface area contributed by atoms with E-state index in [0.29, 0.717) is 39.6 Å². The van der Waals surface area contributed by atoms with Gasteiger partial charge < -0.3 is 5.11 Å². The Morgan fingerprint density at radius 3 is 2.71 bits per heavy atom. The zero-order valence-corrected chi connectivity index (χ0v) is 16.8. The van der Waals surface area contributed by atoms with Crippen molar-refractivity contribution in [2.75, 3.05) is 13.1 Å². The first kappa shape index (κ1) is 18.9. The number of aromatic nitrogens is 1. The smallest absolute Gasteiger partial charge is 0.336 e. The van der Waals surface area contributed by atoms with Crippen LogP contribution in [0.15, 0.2) is 42.5 Å². The number of hydrogen-bond acceptors (Lipinski definition) is 3. The zero-order valence-electron chi connectivity index (χ0n) is 15.2. The molecule has 142 valence electrons. The van der Waals surface area contributed by atoms with Crippen molar-refractivity contribution in [2.24, 2.45) is 0 Å². The fourth-order valence-corrected chi connectivity index (χ4v) is 4.03. The third-order valence-corrected chi connectivity index (χ3v) is 5.88. The van der Waals surface area contributed by atoms with E-state index in [0.717, 1.165) is 28.9 Å². The Morgan fingerprint density at radius 2 is 1.96 bits per heavy atom. The number of likely N-dealkylation sites (N-methyl/N-ethyl adjacent to an activating group) is 1. The first-order chi connectivity index (χ1) is 13.5. The molecule has 0 fully saturated rings. The minimum absolute atomic E-state index is 0.321. The number of para-hydroxylation sites is 1. The summed E-state index contributed by atoms with van der Waals surface area (Å²) >= 11 is 12.5. The lowest BCUT2D eigenvalue weighted by Crippen LogP contribution is -2.31. The maximum absolute atomic E-state index is 12.1. The van der Waals surface area contributed by atoms with E-state index in [-0.39, 0.29) is 0 Å². The first-order valence-corrected chi connectivity index (χ1v) is 9.77. The van der Waals surface area contributed by atoms with Gasteiger partial charge in [0.1, 0.15) is 0 Å².